The Hall–Kier alpha value is -3.48. The lowest BCUT2D eigenvalue weighted by Gasteiger charge is -2.09. The van der Waals surface area contributed by atoms with E-state index < -0.39 is 11.8 Å². The summed E-state index contributed by atoms with van der Waals surface area (Å²) in [4.78, 5) is 22.7. The Morgan fingerprint density at radius 3 is 1.78 bits per heavy atom. The monoisotopic (exact) mass is 896 g/mol. The van der Waals surface area contributed by atoms with E-state index >= 15 is 4.39 Å². The molecule has 0 spiro atoms. The predicted octanol–water partition coefficient (Wildman–Crippen LogP) is 16.7. The van der Waals surface area contributed by atoms with Crippen molar-refractivity contribution in [1.29, 1.82) is 0 Å². The molecule has 3 aromatic carbocycles. The molecule has 0 bridgehead atoms. The molecule has 0 amide bonds. The first kappa shape index (κ1) is 37.1. The molecule has 6 aromatic heterocycles. The zero-order chi connectivity index (χ0) is 37.6. The maximum Gasteiger partial charge on any atom is 0.351 e. The lowest BCUT2D eigenvalue weighted by Crippen LogP contribution is -2.06. The molecular formula is C45H34BrFO2S6. The second kappa shape index (κ2) is 15.8. The summed E-state index contributed by atoms with van der Waals surface area (Å²) in [5, 5.41) is 3.94. The molecule has 0 saturated heterocycles. The van der Waals surface area contributed by atoms with E-state index in [2.05, 4.69) is 96.5 Å². The Labute approximate surface area is 351 Å². The molecule has 2 nitrogen and oxygen atoms in total. The Morgan fingerprint density at radius 2 is 1.18 bits per heavy atom. The number of rotatable bonds is 12. The maximum atomic E-state index is 16.7. The number of alkyl halides is 1. The van der Waals surface area contributed by atoms with Gasteiger partial charge in [0.05, 0.1) is 16.2 Å². The average molecular weight is 898 g/mol. The number of esters is 1. The van der Waals surface area contributed by atoms with Crippen LogP contribution < -0.4 is 0 Å². The van der Waals surface area contributed by atoms with E-state index in [9.17, 15) is 4.79 Å². The molecule has 6 heterocycles. The second-order valence-corrected chi connectivity index (χ2v) is 21.0. The van der Waals surface area contributed by atoms with Crippen LogP contribution in [-0.2, 0) is 4.74 Å². The normalized spacial score (nSPS) is 11.8. The van der Waals surface area contributed by atoms with E-state index in [1.165, 1.54) is 72.6 Å². The van der Waals surface area contributed by atoms with Crippen molar-refractivity contribution in [1.82, 2.24) is 0 Å². The van der Waals surface area contributed by atoms with Gasteiger partial charge in [-0.05, 0) is 74.2 Å². The van der Waals surface area contributed by atoms with Crippen molar-refractivity contribution >= 4 is 120 Å². The molecule has 276 valence electrons. The number of thiophene rings is 6. The topological polar surface area (TPSA) is 26.3 Å². The zero-order valence-electron chi connectivity index (χ0n) is 30.0. The zero-order valence-corrected chi connectivity index (χ0v) is 36.5. The highest BCUT2D eigenvalue weighted by atomic mass is 79.9. The van der Waals surface area contributed by atoms with Gasteiger partial charge in [-0.25, -0.2) is 9.18 Å². The summed E-state index contributed by atoms with van der Waals surface area (Å²) in [5.74, 6) is -1.06. The van der Waals surface area contributed by atoms with Crippen LogP contribution in [0.5, 0.6) is 0 Å². The summed E-state index contributed by atoms with van der Waals surface area (Å²) in [7, 11) is 0. The van der Waals surface area contributed by atoms with Crippen LogP contribution in [0.25, 0.3) is 81.8 Å². The number of benzene rings is 3. The number of carbonyl (C=O) groups is 1. The number of aryl methyl sites for hydroxylation is 2. The maximum absolute atomic E-state index is 16.7. The van der Waals surface area contributed by atoms with Crippen molar-refractivity contribution in [2.75, 3.05) is 11.9 Å². The third-order valence-corrected chi connectivity index (χ3v) is 17.3. The van der Waals surface area contributed by atoms with Gasteiger partial charge < -0.3 is 4.74 Å². The highest BCUT2D eigenvalue weighted by Gasteiger charge is 2.30. The summed E-state index contributed by atoms with van der Waals surface area (Å²) < 4.78 is 25.6. The van der Waals surface area contributed by atoms with E-state index in [1.807, 2.05) is 64.3 Å². The van der Waals surface area contributed by atoms with Crippen molar-refractivity contribution in [3.63, 3.8) is 0 Å². The SMILES string of the molecule is Cc1ccc(-c2c3cc(-c4sc(-c5ccccc5)c5c(F)c(C(=O)OCCCCCCBr)sc45)sc3c(-c3ccc(C)s3)c3cc(-c4ccccc4)sc23)s1. The fourth-order valence-electron chi connectivity index (χ4n) is 7.09. The molecular weight excluding hydrogens is 864 g/mol. The number of hydrogen-bond donors (Lipinski definition) is 0. The number of fused-ring (bicyclic) bond motifs is 3. The van der Waals surface area contributed by atoms with E-state index in [4.69, 9.17) is 4.74 Å². The first-order chi connectivity index (χ1) is 26.9. The first-order valence-electron chi connectivity index (χ1n) is 18.2. The van der Waals surface area contributed by atoms with Crippen LogP contribution in [0, 0.1) is 19.7 Å². The van der Waals surface area contributed by atoms with Gasteiger partial charge in [-0.15, -0.1) is 68.0 Å². The largest absolute Gasteiger partial charge is 0.461 e. The number of carbonyl (C=O) groups excluding carboxylic acids is 1. The molecule has 10 heteroatoms. The molecule has 0 fully saturated rings. The molecule has 0 aliphatic heterocycles. The minimum Gasteiger partial charge on any atom is -0.461 e. The van der Waals surface area contributed by atoms with E-state index in [1.54, 1.807) is 22.7 Å². The number of hydrogen-bond acceptors (Lipinski definition) is 8. The third kappa shape index (κ3) is 6.98. The summed E-state index contributed by atoms with van der Waals surface area (Å²) in [5.41, 5.74) is 4.66. The summed E-state index contributed by atoms with van der Waals surface area (Å²) in [6, 6.07) is 34.3. The third-order valence-electron chi connectivity index (χ3n) is 9.68. The molecule has 0 unspecified atom stereocenters. The number of halogens is 2. The molecule has 0 aliphatic rings. The van der Waals surface area contributed by atoms with Gasteiger partial charge in [-0.2, -0.15) is 0 Å². The fourth-order valence-corrected chi connectivity index (χ4v) is 14.7. The van der Waals surface area contributed by atoms with Gasteiger partial charge in [0.15, 0.2) is 5.82 Å². The van der Waals surface area contributed by atoms with Crippen molar-refractivity contribution in [3.05, 3.63) is 118 Å². The van der Waals surface area contributed by atoms with Crippen molar-refractivity contribution < 1.29 is 13.9 Å². The molecule has 55 heavy (non-hydrogen) atoms. The van der Waals surface area contributed by atoms with Crippen molar-refractivity contribution in [3.8, 4) is 51.5 Å². The average Bonchev–Trinajstić information content (AvgIpc) is 4.06. The minimum absolute atomic E-state index is 0.0521. The first-order valence-corrected chi connectivity index (χ1v) is 24.2. The summed E-state index contributed by atoms with van der Waals surface area (Å²) in [6.45, 7) is 4.62. The Balaban J connectivity index is 1.27. The summed E-state index contributed by atoms with van der Waals surface area (Å²) in [6.07, 6.45) is 3.89. The van der Waals surface area contributed by atoms with Crippen LogP contribution in [0.4, 0.5) is 4.39 Å². The lowest BCUT2D eigenvalue weighted by atomic mass is 9.99. The van der Waals surface area contributed by atoms with Crippen LogP contribution in [0.3, 0.4) is 0 Å². The van der Waals surface area contributed by atoms with Crippen LogP contribution in [0.15, 0.2) is 97.1 Å². The van der Waals surface area contributed by atoms with Gasteiger partial charge in [-0.3, -0.25) is 0 Å². The quantitative estimate of drug-likeness (QED) is 0.0694. The van der Waals surface area contributed by atoms with Crippen LogP contribution >= 0.6 is 84.0 Å². The van der Waals surface area contributed by atoms with Crippen LogP contribution in [-0.4, -0.2) is 17.9 Å². The number of unbranched alkanes of at least 4 members (excludes halogenated alkanes) is 3. The van der Waals surface area contributed by atoms with Gasteiger partial charge in [-0.1, -0.05) is 89.4 Å². The Kier molecular flexibility index (Phi) is 10.7. The molecule has 0 N–H and O–H groups in total. The highest BCUT2D eigenvalue weighted by molar-refractivity contribution is 9.09. The van der Waals surface area contributed by atoms with E-state index in [0.717, 1.165) is 55.9 Å². The minimum atomic E-state index is -0.578. The number of ether oxygens (including phenoxy) is 1. The van der Waals surface area contributed by atoms with Gasteiger partial charge in [0.2, 0.25) is 0 Å². The van der Waals surface area contributed by atoms with E-state index in [0.29, 0.717) is 12.0 Å². The summed E-state index contributed by atoms with van der Waals surface area (Å²) >= 11 is 13.6. The Morgan fingerprint density at radius 1 is 0.600 bits per heavy atom. The van der Waals surface area contributed by atoms with Crippen molar-refractivity contribution in [2.24, 2.45) is 0 Å². The van der Waals surface area contributed by atoms with Crippen LogP contribution in [0.2, 0.25) is 0 Å². The standard InChI is InChI=1S/C45H34BrFO2S6/c1-25-17-19-31(50-25)35-29-23-33(27-13-7-5-8-14-27)52-40(29)36(32-20-18-26(2)51-32)30-24-34(53-41(30)35)42-43-37(39(54-42)28-15-9-6-10-16-28)38(47)44(55-43)45(48)49-22-12-4-3-11-21-46/h5-10,13-20,23-24H,3-4,11-12,21-22H2,1-2H3. The lowest BCUT2D eigenvalue weighted by molar-refractivity contribution is 0.0499. The highest BCUT2D eigenvalue weighted by Crippen LogP contribution is 2.57. The van der Waals surface area contributed by atoms with E-state index in [-0.39, 0.29) is 4.88 Å². The van der Waals surface area contributed by atoms with Gasteiger partial charge in [0.25, 0.3) is 0 Å². The Bertz CT molecular complexity index is 2720. The predicted molar refractivity (Wildman–Crippen MR) is 245 cm³/mol. The smallest absolute Gasteiger partial charge is 0.351 e. The van der Waals surface area contributed by atoms with Crippen molar-refractivity contribution in [2.45, 2.75) is 39.5 Å². The second-order valence-electron chi connectivity index (χ2n) is 13.5. The molecule has 0 radical (unpaired) electrons. The molecule has 0 saturated carbocycles. The molecule has 0 aliphatic carbocycles. The van der Waals surface area contributed by atoms with Gasteiger partial charge in [0.1, 0.15) is 4.88 Å². The van der Waals surface area contributed by atoms with Gasteiger partial charge >= 0.3 is 5.97 Å². The molecule has 9 rings (SSSR count). The van der Waals surface area contributed by atoms with Crippen LogP contribution in [0.1, 0.15) is 45.1 Å². The van der Waals surface area contributed by atoms with Gasteiger partial charge in [0, 0.05) is 76.2 Å². The molecule has 0 atom stereocenters. The fraction of sp³-hybridized carbons (Fsp3) is 0.178. The molecule has 9 aromatic rings.